The van der Waals surface area contributed by atoms with Gasteiger partial charge in [0.2, 0.25) is 0 Å². The lowest BCUT2D eigenvalue weighted by Crippen LogP contribution is -2.13. The molecular formula is C11H10BrClN2OS. The minimum absolute atomic E-state index is 0.0199. The van der Waals surface area contributed by atoms with Crippen LogP contribution in [0.5, 0.6) is 0 Å². The number of aromatic amines is 1. The van der Waals surface area contributed by atoms with Crippen LogP contribution < -0.4 is 10.2 Å². The van der Waals surface area contributed by atoms with Crippen LogP contribution in [0, 0.1) is 0 Å². The van der Waals surface area contributed by atoms with Crippen LogP contribution >= 0.6 is 38.9 Å². The SMILES string of the molecule is O=c1[nH]c(CNCc2ccc(Br)c(Cl)c2)cs1. The molecule has 0 amide bonds. The van der Waals surface area contributed by atoms with E-state index in [9.17, 15) is 4.79 Å². The van der Waals surface area contributed by atoms with Gasteiger partial charge >= 0.3 is 4.87 Å². The molecule has 0 atom stereocenters. The van der Waals surface area contributed by atoms with Gasteiger partial charge in [-0.2, -0.15) is 0 Å². The number of hydrogen-bond acceptors (Lipinski definition) is 3. The molecule has 17 heavy (non-hydrogen) atoms. The van der Waals surface area contributed by atoms with E-state index in [1.54, 1.807) is 0 Å². The average Bonchev–Trinajstić information content (AvgIpc) is 2.70. The van der Waals surface area contributed by atoms with E-state index in [2.05, 4.69) is 26.2 Å². The molecule has 2 aromatic rings. The van der Waals surface area contributed by atoms with Gasteiger partial charge < -0.3 is 10.3 Å². The van der Waals surface area contributed by atoms with Gasteiger partial charge in [0.05, 0.1) is 5.02 Å². The van der Waals surface area contributed by atoms with Crippen molar-refractivity contribution in [1.29, 1.82) is 0 Å². The number of aromatic nitrogens is 1. The Labute approximate surface area is 116 Å². The quantitative estimate of drug-likeness (QED) is 0.903. The molecule has 2 rings (SSSR count). The molecule has 6 heteroatoms. The second-order valence-electron chi connectivity index (χ2n) is 3.53. The maximum atomic E-state index is 10.9. The largest absolute Gasteiger partial charge is 0.315 e. The van der Waals surface area contributed by atoms with Gasteiger partial charge in [-0.1, -0.05) is 29.0 Å². The fraction of sp³-hybridized carbons (Fsp3) is 0.182. The Balaban J connectivity index is 1.89. The lowest BCUT2D eigenvalue weighted by atomic mass is 10.2. The number of nitrogens with one attached hydrogen (secondary N) is 2. The molecule has 3 nitrogen and oxygen atoms in total. The fourth-order valence-corrected chi connectivity index (χ4v) is 2.42. The summed E-state index contributed by atoms with van der Waals surface area (Å²) >= 11 is 10.5. The van der Waals surface area contributed by atoms with Crippen molar-refractivity contribution in [2.75, 3.05) is 0 Å². The lowest BCUT2D eigenvalue weighted by molar-refractivity contribution is 0.681. The maximum absolute atomic E-state index is 10.9. The summed E-state index contributed by atoms with van der Waals surface area (Å²) in [4.78, 5) is 13.6. The Morgan fingerprint density at radius 1 is 1.41 bits per heavy atom. The highest BCUT2D eigenvalue weighted by atomic mass is 79.9. The molecule has 0 saturated heterocycles. The van der Waals surface area contributed by atoms with Gasteiger partial charge in [-0.05, 0) is 33.6 Å². The van der Waals surface area contributed by atoms with Crippen LogP contribution in [-0.2, 0) is 13.1 Å². The Morgan fingerprint density at radius 2 is 2.24 bits per heavy atom. The van der Waals surface area contributed by atoms with Crippen LogP contribution in [0.3, 0.4) is 0 Å². The number of rotatable bonds is 4. The van der Waals surface area contributed by atoms with E-state index in [1.165, 1.54) is 11.3 Å². The first-order valence-corrected chi connectivity index (χ1v) is 7.01. The Kier molecular flexibility index (Phi) is 4.39. The third kappa shape index (κ3) is 3.67. The van der Waals surface area contributed by atoms with Gasteiger partial charge in [0.1, 0.15) is 0 Å². The molecule has 0 radical (unpaired) electrons. The van der Waals surface area contributed by atoms with E-state index in [0.717, 1.165) is 15.7 Å². The van der Waals surface area contributed by atoms with Crippen LogP contribution in [0.2, 0.25) is 5.02 Å². The molecule has 0 aliphatic rings. The predicted octanol–water partition coefficient (Wildman–Crippen LogP) is 3.14. The summed E-state index contributed by atoms with van der Waals surface area (Å²) < 4.78 is 0.894. The standard InChI is InChI=1S/C11H10BrClN2OS/c12-9-2-1-7(3-10(9)13)4-14-5-8-6-17-11(16)15-8/h1-3,6,14H,4-5H2,(H,15,16). The Bertz CT molecular complexity index is 567. The smallest absolute Gasteiger partial charge is 0.304 e. The molecule has 1 aromatic heterocycles. The molecule has 90 valence electrons. The predicted molar refractivity (Wildman–Crippen MR) is 74.6 cm³/mol. The molecule has 2 N–H and O–H groups in total. The van der Waals surface area contributed by atoms with Gasteiger partial charge in [-0.25, -0.2) is 0 Å². The molecule has 0 fully saturated rings. The van der Waals surface area contributed by atoms with Gasteiger partial charge in [-0.15, -0.1) is 0 Å². The summed E-state index contributed by atoms with van der Waals surface area (Å²) in [6.07, 6.45) is 0. The van der Waals surface area contributed by atoms with E-state index >= 15 is 0 Å². The van der Waals surface area contributed by atoms with Crippen molar-refractivity contribution in [3.63, 3.8) is 0 Å². The summed E-state index contributed by atoms with van der Waals surface area (Å²) in [7, 11) is 0. The lowest BCUT2D eigenvalue weighted by Gasteiger charge is -2.04. The summed E-state index contributed by atoms with van der Waals surface area (Å²) in [6.45, 7) is 1.36. The van der Waals surface area contributed by atoms with Gasteiger partial charge in [0.25, 0.3) is 0 Å². The monoisotopic (exact) mass is 332 g/mol. The van der Waals surface area contributed by atoms with Crippen LogP contribution in [0.4, 0.5) is 0 Å². The first-order chi connectivity index (χ1) is 8.15. The van der Waals surface area contributed by atoms with Crippen molar-refractivity contribution in [3.8, 4) is 0 Å². The van der Waals surface area contributed by atoms with E-state index < -0.39 is 0 Å². The molecular weight excluding hydrogens is 324 g/mol. The van der Waals surface area contributed by atoms with E-state index in [0.29, 0.717) is 18.1 Å². The van der Waals surface area contributed by atoms with Crippen molar-refractivity contribution in [1.82, 2.24) is 10.3 Å². The normalized spacial score (nSPS) is 10.7. The molecule has 0 bridgehead atoms. The summed E-state index contributed by atoms with van der Waals surface area (Å²) in [5, 5.41) is 5.77. The fourth-order valence-electron chi connectivity index (χ4n) is 1.39. The minimum Gasteiger partial charge on any atom is -0.315 e. The van der Waals surface area contributed by atoms with Crippen LogP contribution in [0.15, 0.2) is 32.8 Å². The number of hydrogen-bond donors (Lipinski definition) is 2. The zero-order valence-corrected chi connectivity index (χ0v) is 12.0. The van der Waals surface area contributed by atoms with Gasteiger partial charge in [0, 0.05) is 28.6 Å². The summed E-state index contributed by atoms with van der Waals surface area (Å²) in [6, 6.07) is 5.83. The highest BCUT2D eigenvalue weighted by molar-refractivity contribution is 9.10. The van der Waals surface area contributed by atoms with Gasteiger partial charge in [0.15, 0.2) is 0 Å². The number of H-pyrrole nitrogens is 1. The topological polar surface area (TPSA) is 44.9 Å². The van der Waals surface area contributed by atoms with E-state index in [1.807, 2.05) is 23.6 Å². The van der Waals surface area contributed by atoms with Crippen molar-refractivity contribution < 1.29 is 0 Å². The highest BCUT2D eigenvalue weighted by Crippen LogP contribution is 2.23. The molecule has 0 aliphatic heterocycles. The second kappa shape index (κ2) is 5.82. The molecule has 0 aliphatic carbocycles. The Hall–Kier alpha value is -0.620. The molecule has 0 saturated carbocycles. The third-order valence-electron chi connectivity index (χ3n) is 2.20. The van der Waals surface area contributed by atoms with Crippen LogP contribution in [0.25, 0.3) is 0 Å². The number of thiazole rings is 1. The summed E-state index contributed by atoms with van der Waals surface area (Å²) in [5.74, 6) is 0. The maximum Gasteiger partial charge on any atom is 0.304 e. The first-order valence-electron chi connectivity index (χ1n) is 4.96. The minimum atomic E-state index is -0.0199. The molecule has 1 aromatic carbocycles. The zero-order chi connectivity index (χ0) is 12.3. The average molecular weight is 334 g/mol. The molecule has 0 spiro atoms. The first kappa shape index (κ1) is 12.8. The van der Waals surface area contributed by atoms with Crippen molar-refractivity contribution >= 4 is 38.9 Å². The van der Waals surface area contributed by atoms with E-state index in [-0.39, 0.29) is 4.87 Å². The molecule has 1 heterocycles. The highest BCUT2D eigenvalue weighted by Gasteiger charge is 2.00. The van der Waals surface area contributed by atoms with Crippen molar-refractivity contribution in [2.45, 2.75) is 13.1 Å². The third-order valence-corrected chi connectivity index (χ3v) is 4.15. The zero-order valence-electron chi connectivity index (χ0n) is 8.80. The second-order valence-corrected chi connectivity index (χ2v) is 5.63. The molecule has 0 unspecified atom stereocenters. The Morgan fingerprint density at radius 3 is 2.88 bits per heavy atom. The van der Waals surface area contributed by atoms with Crippen molar-refractivity contribution in [3.05, 3.63) is 54.0 Å². The van der Waals surface area contributed by atoms with Gasteiger partial charge in [-0.3, -0.25) is 4.79 Å². The van der Waals surface area contributed by atoms with Crippen LogP contribution in [0.1, 0.15) is 11.3 Å². The van der Waals surface area contributed by atoms with Crippen molar-refractivity contribution in [2.24, 2.45) is 0 Å². The number of halogens is 2. The summed E-state index contributed by atoms with van der Waals surface area (Å²) in [5.41, 5.74) is 2.01. The number of benzene rings is 1. The van der Waals surface area contributed by atoms with E-state index in [4.69, 9.17) is 11.6 Å². The van der Waals surface area contributed by atoms with Crippen LogP contribution in [-0.4, -0.2) is 4.98 Å².